The monoisotopic (exact) mass is 302 g/mol. The number of aliphatic hydroxyl groups excluding tert-OH is 1. The lowest BCUT2D eigenvalue weighted by molar-refractivity contribution is -0.136. The Morgan fingerprint density at radius 3 is 2.50 bits per heavy atom. The second-order valence-electron chi connectivity index (χ2n) is 5.32. The van der Waals surface area contributed by atoms with Crippen molar-refractivity contribution in [1.29, 1.82) is 0 Å². The molecule has 4 nitrogen and oxygen atoms in total. The molecule has 22 heavy (non-hydrogen) atoms. The van der Waals surface area contributed by atoms with Crippen molar-refractivity contribution >= 4 is 5.91 Å². The molecule has 1 rings (SSSR count). The minimum absolute atomic E-state index is 0.0655. The predicted octanol–water partition coefficient (Wildman–Crippen LogP) is 2.29. The van der Waals surface area contributed by atoms with Crippen molar-refractivity contribution < 1.29 is 9.90 Å². The van der Waals surface area contributed by atoms with Gasteiger partial charge in [0.25, 0.3) is 0 Å². The van der Waals surface area contributed by atoms with Crippen LogP contribution in [0.2, 0.25) is 0 Å². The van der Waals surface area contributed by atoms with Crippen molar-refractivity contribution in [3.8, 4) is 0 Å². The minimum Gasteiger partial charge on any atom is -0.386 e. The fraction of sp³-hybridized carbons (Fsp3) is 0.389. The lowest BCUT2D eigenvalue weighted by atomic mass is 10.0. The number of benzene rings is 1. The van der Waals surface area contributed by atoms with Gasteiger partial charge >= 0.3 is 0 Å². The number of nitrogens with zero attached hydrogens (tertiary/aromatic N) is 1. The maximum Gasteiger partial charge on any atom is 0.240 e. The van der Waals surface area contributed by atoms with Crippen LogP contribution in [0.15, 0.2) is 55.6 Å². The van der Waals surface area contributed by atoms with Crippen molar-refractivity contribution in [3.63, 3.8) is 0 Å². The second kappa shape index (κ2) is 9.18. The Balaban J connectivity index is 2.78. The number of hydrogen-bond acceptors (Lipinski definition) is 3. The van der Waals surface area contributed by atoms with Gasteiger partial charge < -0.3 is 15.3 Å². The van der Waals surface area contributed by atoms with Crippen LogP contribution in [0.3, 0.4) is 0 Å². The van der Waals surface area contributed by atoms with Gasteiger partial charge in [-0.15, -0.1) is 13.2 Å². The summed E-state index contributed by atoms with van der Waals surface area (Å²) >= 11 is 0. The van der Waals surface area contributed by atoms with Gasteiger partial charge in [-0.1, -0.05) is 42.5 Å². The number of rotatable bonds is 9. The summed E-state index contributed by atoms with van der Waals surface area (Å²) in [6.07, 6.45) is 3.24. The molecule has 0 bridgehead atoms. The van der Waals surface area contributed by atoms with Crippen LogP contribution in [0, 0.1) is 0 Å². The summed E-state index contributed by atoms with van der Waals surface area (Å²) in [5.41, 5.74) is 0.800. The van der Waals surface area contributed by atoms with E-state index in [1.54, 1.807) is 24.1 Å². The lowest BCUT2D eigenvalue weighted by Crippen LogP contribution is -2.49. The Bertz CT molecular complexity index is 487. The van der Waals surface area contributed by atoms with E-state index >= 15 is 0 Å². The molecule has 1 aromatic rings. The maximum atomic E-state index is 12.6. The standard InChI is InChI=1S/C18H26N2O2/c1-5-10-16(19-13-6-2)18(22)20(4)14(3)17(21)15-11-8-7-9-12-15/h5-9,11-12,14,16-17,19,21H,1-2,10,13H2,3-4H3/t14-,16-,17+/m0/s1. The van der Waals surface area contributed by atoms with Gasteiger partial charge in [0.2, 0.25) is 5.91 Å². The van der Waals surface area contributed by atoms with Crippen molar-refractivity contribution in [2.24, 2.45) is 0 Å². The molecule has 0 aliphatic rings. The van der Waals surface area contributed by atoms with Gasteiger partial charge in [0.1, 0.15) is 0 Å². The Morgan fingerprint density at radius 2 is 1.95 bits per heavy atom. The summed E-state index contributed by atoms with van der Waals surface area (Å²) in [6, 6.07) is 8.68. The summed E-state index contributed by atoms with van der Waals surface area (Å²) < 4.78 is 0. The van der Waals surface area contributed by atoms with E-state index in [1.165, 1.54) is 0 Å². The van der Waals surface area contributed by atoms with Gasteiger partial charge in [0.15, 0.2) is 0 Å². The predicted molar refractivity (Wildman–Crippen MR) is 90.4 cm³/mol. The SMILES string of the molecule is C=CCN[C@@H](CC=C)C(=O)N(C)[C@@H](C)[C@@H](O)c1ccccc1. The first-order valence-electron chi connectivity index (χ1n) is 7.47. The van der Waals surface area contributed by atoms with Crippen LogP contribution in [-0.2, 0) is 4.79 Å². The normalized spacial score (nSPS) is 14.7. The molecule has 4 heteroatoms. The van der Waals surface area contributed by atoms with Crippen LogP contribution in [0.4, 0.5) is 0 Å². The van der Waals surface area contributed by atoms with E-state index in [0.717, 1.165) is 5.56 Å². The first-order valence-corrected chi connectivity index (χ1v) is 7.47. The number of hydrogen-bond donors (Lipinski definition) is 2. The van der Waals surface area contributed by atoms with Gasteiger partial charge in [-0.2, -0.15) is 0 Å². The topological polar surface area (TPSA) is 52.6 Å². The molecule has 0 fully saturated rings. The number of carbonyl (C=O) groups excluding carboxylic acids is 1. The highest BCUT2D eigenvalue weighted by molar-refractivity contribution is 5.82. The molecule has 0 aliphatic carbocycles. The molecule has 0 spiro atoms. The fourth-order valence-electron chi connectivity index (χ4n) is 2.25. The summed E-state index contributed by atoms with van der Waals surface area (Å²) in [5.74, 6) is -0.0655. The molecule has 0 saturated carbocycles. The lowest BCUT2D eigenvalue weighted by Gasteiger charge is -2.32. The average Bonchev–Trinajstić information content (AvgIpc) is 2.56. The number of nitrogens with one attached hydrogen (secondary N) is 1. The summed E-state index contributed by atoms with van der Waals surface area (Å²) in [4.78, 5) is 14.2. The molecule has 0 unspecified atom stereocenters. The van der Waals surface area contributed by atoms with Crippen molar-refractivity contribution in [1.82, 2.24) is 10.2 Å². The molecule has 3 atom stereocenters. The van der Waals surface area contributed by atoms with E-state index in [2.05, 4.69) is 18.5 Å². The fourth-order valence-corrected chi connectivity index (χ4v) is 2.25. The zero-order valence-corrected chi connectivity index (χ0v) is 13.4. The molecule has 1 amide bonds. The molecule has 0 aromatic heterocycles. The first kappa shape index (κ1) is 18.1. The number of carbonyl (C=O) groups is 1. The van der Waals surface area contributed by atoms with Gasteiger partial charge in [0.05, 0.1) is 18.2 Å². The zero-order chi connectivity index (χ0) is 16.5. The van der Waals surface area contributed by atoms with Crippen LogP contribution in [0.5, 0.6) is 0 Å². The van der Waals surface area contributed by atoms with Crippen molar-refractivity contribution in [2.75, 3.05) is 13.6 Å². The smallest absolute Gasteiger partial charge is 0.240 e. The van der Waals surface area contributed by atoms with Gasteiger partial charge in [0, 0.05) is 13.6 Å². The second-order valence-corrected chi connectivity index (χ2v) is 5.32. The highest BCUT2D eigenvalue weighted by Crippen LogP contribution is 2.20. The Labute approximate surface area is 133 Å². The third-order valence-corrected chi connectivity index (χ3v) is 3.77. The van der Waals surface area contributed by atoms with Crippen LogP contribution in [-0.4, -0.2) is 41.6 Å². The van der Waals surface area contributed by atoms with Crippen LogP contribution in [0.1, 0.15) is 25.0 Å². The Hall–Kier alpha value is -1.91. The van der Waals surface area contributed by atoms with Crippen molar-refractivity contribution in [3.05, 3.63) is 61.2 Å². The minimum atomic E-state index is -0.723. The highest BCUT2D eigenvalue weighted by atomic mass is 16.3. The molecule has 0 aliphatic heterocycles. The molecule has 2 N–H and O–H groups in total. The molecule has 1 aromatic carbocycles. The number of aliphatic hydroxyl groups is 1. The third-order valence-electron chi connectivity index (χ3n) is 3.77. The van der Waals surface area contributed by atoms with Crippen LogP contribution >= 0.6 is 0 Å². The third kappa shape index (κ3) is 4.83. The molecule has 0 saturated heterocycles. The first-order chi connectivity index (χ1) is 10.5. The van der Waals surface area contributed by atoms with E-state index in [4.69, 9.17) is 0 Å². The zero-order valence-electron chi connectivity index (χ0n) is 13.4. The van der Waals surface area contributed by atoms with Crippen molar-refractivity contribution in [2.45, 2.75) is 31.5 Å². The maximum absolute atomic E-state index is 12.6. The van der Waals surface area contributed by atoms with Gasteiger partial charge in [-0.25, -0.2) is 0 Å². The number of amides is 1. The average molecular weight is 302 g/mol. The van der Waals surface area contributed by atoms with E-state index < -0.39 is 6.10 Å². The quantitative estimate of drug-likeness (QED) is 0.688. The van der Waals surface area contributed by atoms with Gasteiger partial charge in [-0.05, 0) is 18.9 Å². The van der Waals surface area contributed by atoms with E-state index in [0.29, 0.717) is 13.0 Å². The largest absolute Gasteiger partial charge is 0.386 e. The van der Waals surface area contributed by atoms with Gasteiger partial charge in [-0.3, -0.25) is 4.79 Å². The van der Waals surface area contributed by atoms with E-state index in [9.17, 15) is 9.90 Å². The van der Waals surface area contributed by atoms with E-state index in [1.807, 2.05) is 37.3 Å². The highest BCUT2D eigenvalue weighted by Gasteiger charge is 2.28. The van der Waals surface area contributed by atoms with E-state index in [-0.39, 0.29) is 18.0 Å². The molecular weight excluding hydrogens is 276 g/mol. The Kier molecular flexibility index (Phi) is 7.57. The summed E-state index contributed by atoms with van der Waals surface area (Å²) in [5, 5.41) is 13.6. The van der Waals surface area contributed by atoms with Crippen LogP contribution < -0.4 is 5.32 Å². The molecule has 120 valence electrons. The summed E-state index contributed by atoms with van der Waals surface area (Å²) in [7, 11) is 1.71. The number of likely N-dealkylation sites (N-methyl/N-ethyl adjacent to an activating group) is 1. The molecule has 0 radical (unpaired) electrons. The van der Waals surface area contributed by atoms with Crippen LogP contribution in [0.25, 0.3) is 0 Å². The molecule has 0 heterocycles. The Morgan fingerprint density at radius 1 is 1.32 bits per heavy atom. The summed E-state index contributed by atoms with van der Waals surface area (Å²) in [6.45, 7) is 9.73. The molecular formula is C18H26N2O2.